The topological polar surface area (TPSA) is 0 Å². The molecule has 128 valence electrons. The molecule has 2 aromatic carbocycles. The van der Waals surface area contributed by atoms with Crippen LogP contribution in [0, 0.1) is 5.92 Å². The van der Waals surface area contributed by atoms with E-state index in [2.05, 4.69) is 76.2 Å². The van der Waals surface area contributed by atoms with Crippen molar-refractivity contribution in [1.82, 2.24) is 0 Å². The average molecular weight is 328 g/mol. The van der Waals surface area contributed by atoms with Gasteiger partial charge < -0.3 is 0 Å². The van der Waals surface area contributed by atoms with Crippen LogP contribution in [0.25, 0.3) is 16.8 Å². The van der Waals surface area contributed by atoms with Gasteiger partial charge in [-0.1, -0.05) is 66.6 Å². The van der Waals surface area contributed by atoms with E-state index in [1.165, 1.54) is 35.6 Å². The van der Waals surface area contributed by atoms with E-state index >= 15 is 0 Å². The van der Waals surface area contributed by atoms with E-state index in [1.807, 2.05) is 0 Å². The van der Waals surface area contributed by atoms with Crippen LogP contribution < -0.4 is 0 Å². The molecule has 2 aromatic rings. The number of rotatable bonds is 4. The molecular formula is C25H28. The van der Waals surface area contributed by atoms with E-state index in [0.717, 1.165) is 0 Å². The molecule has 2 aliphatic rings. The summed E-state index contributed by atoms with van der Waals surface area (Å²) in [4.78, 5) is 0. The molecule has 0 radical (unpaired) electrons. The van der Waals surface area contributed by atoms with E-state index in [0.29, 0.717) is 11.8 Å². The monoisotopic (exact) mass is 328 g/mol. The van der Waals surface area contributed by atoms with Gasteiger partial charge in [-0.15, -0.1) is 0 Å². The first-order valence-corrected chi connectivity index (χ1v) is 9.65. The van der Waals surface area contributed by atoms with Crippen LogP contribution in [-0.4, -0.2) is 0 Å². The minimum absolute atomic E-state index is 0.575. The van der Waals surface area contributed by atoms with Crippen LogP contribution >= 0.6 is 0 Å². The number of benzene rings is 2. The number of allylic oxidation sites excluding steroid dienone is 5. The largest absolute Gasteiger partial charge is 0.0764 e. The highest BCUT2D eigenvalue weighted by atomic mass is 14.3. The lowest BCUT2D eigenvalue weighted by atomic mass is 9.89. The lowest BCUT2D eigenvalue weighted by molar-refractivity contribution is 0.680. The van der Waals surface area contributed by atoms with Gasteiger partial charge in [-0.05, 0) is 79.0 Å². The third-order valence-electron chi connectivity index (χ3n) is 6.64. The Morgan fingerprint density at radius 1 is 0.920 bits per heavy atom. The zero-order valence-electron chi connectivity index (χ0n) is 15.9. The quantitative estimate of drug-likeness (QED) is 0.547. The number of hydrogen-bond acceptors (Lipinski definition) is 0. The Balaban J connectivity index is 1.52. The molecule has 0 bridgehead atoms. The molecule has 0 saturated carbocycles. The summed E-state index contributed by atoms with van der Waals surface area (Å²) in [6.45, 7) is 9.30. The van der Waals surface area contributed by atoms with Crippen LogP contribution in [-0.2, 0) is 0 Å². The Labute approximate surface area is 152 Å². The number of hydrogen-bond donors (Lipinski definition) is 0. The van der Waals surface area contributed by atoms with Gasteiger partial charge in [0.25, 0.3) is 0 Å². The minimum Gasteiger partial charge on any atom is -0.0764 e. The van der Waals surface area contributed by atoms with Crippen molar-refractivity contribution in [1.29, 1.82) is 0 Å². The van der Waals surface area contributed by atoms with Crippen molar-refractivity contribution in [2.75, 3.05) is 0 Å². The Morgan fingerprint density at radius 3 is 2.48 bits per heavy atom. The maximum Gasteiger partial charge on any atom is 0.00335 e. The van der Waals surface area contributed by atoms with Gasteiger partial charge in [0.05, 0.1) is 0 Å². The Hall–Kier alpha value is -2.08. The Morgan fingerprint density at radius 2 is 1.72 bits per heavy atom. The van der Waals surface area contributed by atoms with Crippen molar-refractivity contribution in [3.8, 4) is 0 Å². The highest BCUT2D eigenvalue weighted by Crippen LogP contribution is 2.41. The molecule has 0 saturated heterocycles. The molecule has 2 atom stereocenters. The van der Waals surface area contributed by atoms with Crippen molar-refractivity contribution >= 4 is 16.8 Å². The molecular weight excluding hydrogens is 300 g/mol. The smallest absolute Gasteiger partial charge is 0.00335 e. The molecule has 25 heavy (non-hydrogen) atoms. The van der Waals surface area contributed by atoms with Crippen LogP contribution in [0.4, 0.5) is 0 Å². The summed E-state index contributed by atoms with van der Waals surface area (Å²) in [7, 11) is 0. The molecule has 0 fully saturated rings. The fourth-order valence-electron chi connectivity index (χ4n) is 4.76. The third kappa shape index (κ3) is 2.68. The summed E-state index contributed by atoms with van der Waals surface area (Å²) < 4.78 is 0. The molecule has 2 aliphatic carbocycles. The van der Waals surface area contributed by atoms with Gasteiger partial charge in [0, 0.05) is 5.92 Å². The van der Waals surface area contributed by atoms with Crippen LogP contribution in [0.2, 0.25) is 0 Å². The fraction of sp³-hybridized carbons (Fsp3) is 0.360. The zero-order chi connectivity index (χ0) is 17.6. The second-order valence-corrected chi connectivity index (χ2v) is 7.84. The molecule has 0 spiro atoms. The highest BCUT2D eigenvalue weighted by molar-refractivity contribution is 5.91. The highest BCUT2D eigenvalue weighted by Gasteiger charge is 2.24. The maximum atomic E-state index is 2.42. The second kappa shape index (κ2) is 6.33. The lowest BCUT2D eigenvalue weighted by Gasteiger charge is -2.15. The number of fused-ring (bicyclic) bond motifs is 3. The molecule has 2 unspecified atom stereocenters. The van der Waals surface area contributed by atoms with E-state index in [-0.39, 0.29) is 0 Å². The van der Waals surface area contributed by atoms with Crippen LogP contribution in [0.5, 0.6) is 0 Å². The first kappa shape index (κ1) is 16.4. The molecule has 0 heteroatoms. The summed E-state index contributed by atoms with van der Waals surface area (Å²) in [6.07, 6.45) is 8.48. The van der Waals surface area contributed by atoms with Gasteiger partial charge in [0.15, 0.2) is 0 Å². The molecule has 0 aromatic heterocycles. The Kier molecular flexibility index (Phi) is 4.15. The van der Waals surface area contributed by atoms with Crippen LogP contribution in [0.3, 0.4) is 0 Å². The molecule has 0 N–H and O–H groups in total. The fourth-order valence-corrected chi connectivity index (χ4v) is 4.76. The summed E-state index contributed by atoms with van der Waals surface area (Å²) in [5.41, 5.74) is 9.32. The van der Waals surface area contributed by atoms with Crippen molar-refractivity contribution in [2.24, 2.45) is 5.92 Å². The summed E-state index contributed by atoms with van der Waals surface area (Å²) in [6, 6.07) is 13.4. The normalized spacial score (nSPS) is 22.4. The SMILES string of the molecule is CC1=C(C)C(C)C(C)=C1CCCC1C=Cc2ccc3ccccc3c21. The zero-order valence-corrected chi connectivity index (χ0v) is 15.9. The molecule has 0 aliphatic heterocycles. The summed E-state index contributed by atoms with van der Waals surface area (Å²) in [5.74, 6) is 1.22. The van der Waals surface area contributed by atoms with Crippen LogP contribution in [0.15, 0.2) is 64.8 Å². The van der Waals surface area contributed by atoms with E-state index in [1.54, 1.807) is 27.9 Å². The van der Waals surface area contributed by atoms with Crippen molar-refractivity contribution in [3.05, 3.63) is 75.9 Å². The summed E-state index contributed by atoms with van der Waals surface area (Å²) in [5, 5.41) is 2.80. The van der Waals surface area contributed by atoms with Gasteiger partial charge in [0.1, 0.15) is 0 Å². The van der Waals surface area contributed by atoms with Gasteiger partial charge in [0.2, 0.25) is 0 Å². The van der Waals surface area contributed by atoms with Crippen molar-refractivity contribution in [2.45, 2.75) is 52.9 Å². The summed E-state index contributed by atoms with van der Waals surface area (Å²) >= 11 is 0. The maximum absolute atomic E-state index is 2.42. The first-order valence-electron chi connectivity index (χ1n) is 9.65. The van der Waals surface area contributed by atoms with Gasteiger partial charge in [-0.25, -0.2) is 0 Å². The van der Waals surface area contributed by atoms with Gasteiger partial charge >= 0.3 is 0 Å². The standard InChI is InChI=1S/C25H28/c1-16-17(2)19(4)23(18(16)3)11-7-9-21-14-15-22-13-12-20-8-5-6-10-24(20)25(21)22/h5-6,8,10,12-16,21H,7,9,11H2,1-4H3. The second-order valence-electron chi connectivity index (χ2n) is 7.84. The average Bonchev–Trinajstić information content (AvgIpc) is 3.13. The predicted octanol–water partition coefficient (Wildman–Crippen LogP) is 7.42. The lowest BCUT2D eigenvalue weighted by Crippen LogP contribution is -1.97. The van der Waals surface area contributed by atoms with Gasteiger partial charge in [-0.3, -0.25) is 0 Å². The molecule has 0 amide bonds. The van der Waals surface area contributed by atoms with E-state index in [9.17, 15) is 0 Å². The van der Waals surface area contributed by atoms with Crippen molar-refractivity contribution < 1.29 is 0 Å². The molecule has 4 rings (SSSR count). The molecule has 0 nitrogen and oxygen atoms in total. The predicted molar refractivity (Wildman–Crippen MR) is 110 cm³/mol. The first-order chi connectivity index (χ1) is 12.1. The van der Waals surface area contributed by atoms with E-state index < -0.39 is 0 Å². The van der Waals surface area contributed by atoms with E-state index in [4.69, 9.17) is 0 Å². The van der Waals surface area contributed by atoms with Crippen LogP contribution in [0.1, 0.15) is 64.0 Å². The minimum atomic E-state index is 0.575. The molecule has 0 heterocycles. The van der Waals surface area contributed by atoms with Crippen molar-refractivity contribution in [3.63, 3.8) is 0 Å². The van der Waals surface area contributed by atoms with Gasteiger partial charge in [-0.2, -0.15) is 0 Å². The Bertz CT molecular complexity index is 920. The third-order valence-corrected chi connectivity index (χ3v) is 6.64.